The van der Waals surface area contributed by atoms with E-state index in [1.165, 1.54) is 4.31 Å². The molecular formula is C9H21NO3S. The average Bonchev–Trinajstić information content (AvgIpc) is 2.16. The fraction of sp³-hybridized carbons (Fsp3) is 1.00. The molecule has 0 amide bonds. The summed E-state index contributed by atoms with van der Waals surface area (Å²) in [7, 11) is -3.47. The van der Waals surface area contributed by atoms with Crippen LogP contribution in [-0.2, 0) is 14.5 Å². The van der Waals surface area contributed by atoms with Crippen molar-refractivity contribution in [2.45, 2.75) is 40.0 Å². The Morgan fingerprint density at radius 2 is 1.79 bits per heavy atom. The molecule has 0 N–H and O–H groups in total. The van der Waals surface area contributed by atoms with Crippen LogP contribution in [0.5, 0.6) is 0 Å². The van der Waals surface area contributed by atoms with Crippen LogP contribution in [0.3, 0.4) is 0 Å². The summed E-state index contributed by atoms with van der Waals surface area (Å²) in [5.41, 5.74) is 0. The predicted molar refractivity (Wildman–Crippen MR) is 57.3 cm³/mol. The first-order valence-electron chi connectivity index (χ1n) is 5.23. The van der Waals surface area contributed by atoms with E-state index in [1.54, 1.807) is 0 Å². The molecule has 14 heavy (non-hydrogen) atoms. The molecular weight excluding hydrogens is 202 g/mol. The molecule has 4 nitrogen and oxygen atoms in total. The SMILES string of the molecule is CCCCN(CC)S(=O)(=O)OCCC. The molecule has 0 aliphatic rings. The molecule has 0 rings (SSSR count). The summed E-state index contributed by atoms with van der Waals surface area (Å²) in [5.74, 6) is 0. The monoisotopic (exact) mass is 223 g/mol. The third-order valence-electron chi connectivity index (χ3n) is 1.87. The summed E-state index contributed by atoms with van der Waals surface area (Å²) < 4.78 is 29.3. The maximum atomic E-state index is 11.5. The van der Waals surface area contributed by atoms with Crippen LogP contribution in [0, 0.1) is 0 Å². The van der Waals surface area contributed by atoms with Crippen LogP contribution in [-0.4, -0.2) is 32.4 Å². The molecule has 0 radical (unpaired) electrons. The van der Waals surface area contributed by atoms with Crippen LogP contribution in [0.25, 0.3) is 0 Å². The molecule has 0 aromatic rings. The minimum absolute atomic E-state index is 0.269. The predicted octanol–water partition coefficient (Wildman–Crippen LogP) is 1.78. The summed E-state index contributed by atoms with van der Waals surface area (Å²) in [6, 6.07) is 0. The van der Waals surface area contributed by atoms with Gasteiger partial charge in [-0.15, -0.1) is 0 Å². The van der Waals surface area contributed by atoms with Gasteiger partial charge in [0.05, 0.1) is 6.61 Å². The minimum Gasteiger partial charge on any atom is -0.258 e. The summed E-state index contributed by atoms with van der Waals surface area (Å²) in [4.78, 5) is 0. The molecule has 0 saturated carbocycles. The fourth-order valence-corrected chi connectivity index (χ4v) is 2.22. The van der Waals surface area contributed by atoms with Crippen molar-refractivity contribution >= 4 is 10.3 Å². The second-order valence-electron chi connectivity index (χ2n) is 3.12. The third-order valence-corrected chi connectivity index (χ3v) is 3.40. The Bertz CT molecular complexity index is 226. The molecule has 86 valence electrons. The number of hydrogen-bond acceptors (Lipinski definition) is 3. The van der Waals surface area contributed by atoms with E-state index in [9.17, 15) is 8.42 Å². The van der Waals surface area contributed by atoms with Crippen molar-refractivity contribution in [3.8, 4) is 0 Å². The Morgan fingerprint density at radius 1 is 1.14 bits per heavy atom. The van der Waals surface area contributed by atoms with Crippen molar-refractivity contribution in [2.75, 3.05) is 19.7 Å². The standard InChI is InChI=1S/C9H21NO3S/c1-4-7-8-10(6-3)14(11,12)13-9-5-2/h4-9H2,1-3H3. The molecule has 0 aromatic heterocycles. The van der Waals surface area contributed by atoms with E-state index in [-0.39, 0.29) is 6.61 Å². The third kappa shape index (κ3) is 4.93. The Kier molecular flexibility index (Phi) is 7.13. The minimum atomic E-state index is -3.47. The molecule has 0 spiro atoms. The zero-order valence-electron chi connectivity index (χ0n) is 9.32. The van der Waals surface area contributed by atoms with E-state index in [1.807, 2.05) is 20.8 Å². The van der Waals surface area contributed by atoms with Crippen LogP contribution in [0.1, 0.15) is 40.0 Å². The molecule has 0 aliphatic heterocycles. The number of rotatable bonds is 8. The molecule has 0 unspecified atom stereocenters. The summed E-state index contributed by atoms with van der Waals surface area (Å²) in [6.45, 7) is 7.05. The maximum Gasteiger partial charge on any atom is 0.338 e. The molecule has 0 atom stereocenters. The smallest absolute Gasteiger partial charge is 0.258 e. The fourth-order valence-electron chi connectivity index (χ4n) is 1.03. The van der Waals surface area contributed by atoms with Gasteiger partial charge in [-0.1, -0.05) is 27.2 Å². The van der Waals surface area contributed by atoms with Crippen molar-refractivity contribution in [3.05, 3.63) is 0 Å². The van der Waals surface area contributed by atoms with Crippen molar-refractivity contribution in [3.63, 3.8) is 0 Å². The van der Waals surface area contributed by atoms with Crippen molar-refractivity contribution in [2.24, 2.45) is 0 Å². The van der Waals surface area contributed by atoms with Gasteiger partial charge >= 0.3 is 10.3 Å². The number of hydrogen-bond donors (Lipinski definition) is 0. The lowest BCUT2D eigenvalue weighted by Gasteiger charge is -2.19. The average molecular weight is 223 g/mol. The van der Waals surface area contributed by atoms with Crippen molar-refractivity contribution in [1.29, 1.82) is 0 Å². The van der Waals surface area contributed by atoms with Gasteiger partial charge in [0.25, 0.3) is 0 Å². The highest BCUT2D eigenvalue weighted by atomic mass is 32.2. The highest BCUT2D eigenvalue weighted by Gasteiger charge is 2.19. The van der Waals surface area contributed by atoms with Gasteiger partial charge in [-0.2, -0.15) is 12.7 Å². The van der Waals surface area contributed by atoms with Gasteiger partial charge in [0.1, 0.15) is 0 Å². The summed E-state index contributed by atoms with van der Waals surface area (Å²) in [5, 5.41) is 0. The largest absolute Gasteiger partial charge is 0.338 e. The normalized spacial score (nSPS) is 12.3. The highest BCUT2D eigenvalue weighted by Crippen LogP contribution is 2.05. The van der Waals surface area contributed by atoms with Crippen LogP contribution in [0.2, 0.25) is 0 Å². The van der Waals surface area contributed by atoms with Crippen molar-refractivity contribution < 1.29 is 12.6 Å². The Labute approximate surface area is 87.5 Å². The van der Waals surface area contributed by atoms with Gasteiger partial charge in [-0.05, 0) is 12.8 Å². The molecule has 0 bridgehead atoms. The molecule has 0 heterocycles. The van der Waals surface area contributed by atoms with Crippen LogP contribution < -0.4 is 0 Å². The zero-order valence-corrected chi connectivity index (χ0v) is 10.1. The zero-order chi connectivity index (χ0) is 11.0. The van der Waals surface area contributed by atoms with E-state index in [0.717, 1.165) is 12.8 Å². The van der Waals surface area contributed by atoms with Crippen LogP contribution in [0.15, 0.2) is 0 Å². The van der Waals surface area contributed by atoms with Gasteiger partial charge in [0.15, 0.2) is 0 Å². The first-order chi connectivity index (χ1) is 6.58. The number of nitrogens with zero attached hydrogens (tertiary/aromatic N) is 1. The lowest BCUT2D eigenvalue weighted by atomic mass is 10.3. The molecule has 0 saturated heterocycles. The van der Waals surface area contributed by atoms with Crippen molar-refractivity contribution in [1.82, 2.24) is 4.31 Å². The molecule has 0 fully saturated rings. The van der Waals surface area contributed by atoms with Gasteiger partial charge in [-0.25, -0.2) is 0 Å². The topological polar surface area (TPSA) is 46.6 Å². The van der Waals surface area contributed by atoms with E-state index in [4.69, 9.17) is 4.18 Å². The molecule has 0 aromatic carbocycles. The first-order valence-corrected chi connectivity index (χ1v) is 6.59. The lowest BCUT2D eigenvalue weighted by Crippen LogP contribution is -2.33. The second kappa shape index (κ2) is 7.20. The maximum absolute atomic E-state index is 11.5. The van der Waals surface area contributed by atoms with Gasteiger partial charge in [-0.3, -0.25) is 4.18 Å². The van der Waals surface area contributed by atoms with Crippen LogP contribution >= 0.6 is 0 Å². The van der Waals surface area contributed by atoms with Gasteiger partial charge in [0, 0.05) is 13.1 Å². The molecule has 0 aliphatic carbocycles. The summed E-state index contributed by atoms with van der Waals surface area (Å²) >= 11 is 0. The Hall–Kier alpha value is -0.130. The van der Waals surface area contributed by atoms with E-state index in [0.29, 0.717) is 19.5 Å². The van der Waals surface area contributed by atoms with E-state index < -0.39 is 10.3 Å². The first kappa shape index (κ1) is 13.9. The Morgan fingerprint density at radius 3 is 2.21 bits per heavy atom. The molecule has 5 heteroatoms. The quantitative estimate of drug-likeness (QED) is 0.630. The van der Waals surface area contributed by atoms with Crippen LogP contribution in [0.4, 0.5) is 0 Å². The Balaban J connectivity index is 4.19. The highest BCUT2D eigenvalue weighted by molar-refractivity contribution is 7.84. The van der Waals surface area contributed by atoms with E-state index in [2.05, 4.69) is 0 Å². The second-order valence-corrected chi connectivity index (χ2v) is 4.73. The lowest BCUT2D eigenvalue weighted by molar-refractivity contribution is 0.268. The van der Waals surface area contributed by atoms with Gasteiger partial charge in [0.2, 0.25) is 0 Å². The van der Waals surface area contributed by atoms with E-state index >= 15 is 0 Å². The summed E-state index contributed by atoms with van der Waals surface area (Å²) in [6.07, 6.45) is 2.58. The van der Waals surface area contributed by atoms with Gasteiger partial charge < -0.3 is 0 Å². The number of unbranched alkanes of at least 4 members (excludes halogenated alkanes) is 1.